The summed E-state index contributed by atoms with van der Waals surface area (Å²) in [7, 11) is 0. The third-order valence-electron chi connectivity index (χ3n) is 7.20. The first-order valence-corrected chi connectivity index (χ1v) is 13.9. The molecule has 39 heavy (non-hydrogen) atoms. The number of benzene rings is 4. The number of aromatic nitrogens is 1. The van der Waals surface area contributed by atoms with E-state index in [-0.39, 0.29) is 11.9 Å². The highest BCUT2D eigenvalue weighted by Crippen LogP contribution is 2.32. The Morgan fingerprint density at radius 1 is 0.769 bits per heavy atom. The van der Waals surface area contributed by atoms with Crippen LogP contribution in [0.2, 0.25) is 0 Å². The number of piperazine rings is 1. The van der Waals surface area contributed by atoms with Crippen molar-refractivity contribution in [1.29, 1.82) is 0 Å². The fourth-order valence-electron chi connectivity index (χ4n) is 5.27. The average Bonchev–Trinajstić information content (AvgIpc) is 3.49. The average molecular weight is 579 g/mol. The quantitative estimate of drug-likeness (QED) is 0.212. The summed E-state index contributed by atoms with van der Waals surface area (Å²) in [5.41, 5.74) is 4.77. The number of hydrogen-bond acceptors (Lipinski definition) is 4. The molecule has 0 spiro atoms. The molecule has 2 heterocycles. The lowest BCUT2D eigenvalue weighted by molar-refractivity contribution is 0.0598. The Morgan fingerprint density at radius 3 is 2.08 bits per heavy atom. The van der Waals surface area contributed by atoms with Crippen LogP contribution in [-0.4, -0.2) is 46.9 Å². The van der Waals surface area contributed by atoms with E-state index >= 15 is 0 Å². The molecular weight excluding hydrogens is 550 g/mol. The van der Waals surface area contributed by atoms with Crippen LogP contribution in [0.4, 0.5) is 0 Å². The fourth-order valence-corrected chi connectivity index (χ4v) is 5.67. The van der Waals surface area contributed by atoms with Gasteiger partial charge in [0.2, 0.25) is 5.89 Å². The third kappa shape index (κ3) is 5.44. The summed E-state index contributed by atoms with van der Waals surface area (Å²) in [4.78, 5) is 22.7. The van der Waals surface area contributed by atoms with Crippen molar-refractivity contribution >= 4 is 21.8 Å². The van der Waals surface area contributed by atoms with E-state index in [1.54, 1.807) is 6.20 Å². The number of halogens is 1. The van der Waals surface area contributed by atoms with Gasteiger partial charge in [0.05, 0.1) is 17.8 Å². The van der Waals surface area contributed by atoms with Gasteiger partial charge in [-0.3, -0.25) is 9.69 Å². The van der Waals surface area contributed by atoms with Crippen LogP contribution in [-0.2, 0) is 0 Å². The Kier molecular flexibility index (Phi) is 7.39. The van der Waals surface area contributed by atoms with E-state index in [0.717, 1.165) is 23.1 Å². The smallest absolute Gasteiger partial charge is 0.254 e. The minimum atomic E-state index is 0.00317. The van der Waals surface area contributed by atoms with Gasteiger partial charge >= 0.3 is 0 Å². The van der Waals surface area contributed by atoms with Gasteiger partial charge in [-0.25, -0.2) is 4.98 Å². The number of carbonyl (C=O) groups excluding carboxylic acids is 1. The molecule has 194 valence electrons. The normalized spacial score (nSPS) is 14.1. The molecule has 0 aliphatic carbocycles. The summed E-state index contributed by atoms with van der Waals surface area (Å²) in [6, 6.07) is 36.8. The van der Waals surface area contributed by atoms with Crippen molar-refractivity contribution < 1.29 is 9.21 Å². The van der Waals surface area contributed by atoms with Crippen LogP contribution >= 0.6 is 15.9 Å². The predicted octanol–water partition coefficient (Wildman–Crippen LogP) is 7.32. The van der Waals surface area contributed by atoms with Crippen molar-refractivity contribution in [3.63, 3.8) is 0 Å². The molecular formula is C33H28BrN3O2. The van der Waals surface area contributed by atoms with Crippen LogP contribution in [0.25, 0.3) is 22.8 Å². The first kappa shape index (κ1) is 25.3. The summed E-state index contributed by atoms with van der Waals surface area (Å²) >= 11 is 3.51. The standard InChI is InChI=1S/C33H28BrN3O2/c34-27-15-9-14-26(22-27)30-23-35-32(39-30)28-16-7-8-17-29(28)33(38)37-20-18-36(19-21-37)31(24-10-3-1-4-11-24)25-12-5-2-6-13-25/h1-17,22-23,31H,18-21H2. The van der Waals surface area contributed by atoms with Gasteiger partial charge in [-0.05, 0) is 35.4 Å². The minimum Gasteiger partial charge on any atom is -0.436 e. The number of carbonyl (C=O) groups is 1. The van der Waals surface area contributed by atoms with Crippen LogP contribution in [0.3, 0.4) is 0 Å². The SMILES string of the molecule is O=C(c1ccccc1-c1ncc(-c2cccc(Br)c2)o1)N1CCN(C(c2ccccc2)c2ccccc2)CC1. The predicted molar refractivity (Wildman–Crippen MR) is 157 cm³/mol. The lowest BCUT2D eigenvalue weighted by Crippen LogP contribution is -2.50. The highest BCUT2D eigenvalue weighted by atomic mass is 79.9. The fraction of sp³-hybridized carbons (Fsp3) is 0.152. The van der Waals surface area contributed by atoms with Crippen LogP contribution in [0.15, 0.2) is 124 Å². The molecule has 1 aromatic heterocycles. The van der Waals surface area contributed by atoms with Crippen LogP contribution < -0.4 is 0 Å². The highest BCUT2D eigenvalue weighted by Gasteiger charge is 2.29. The molecule has 0 unspecified atom stereocenters. The summed E-state index contributed by atoms with van der Waals surface area (Å²) < 4.78 is 7.09. The van der Waals surface area contributed by atoms with Gasteiger partial charge in [-0.2, -0.15) is 0 Å². The molecule has 0 saturated carbocycles. The molecule has 4 aromatic carbocycles. The Morgan fingerprint density at radius 2 is 1.41 bits per heavy atom. The molecule has 1 aliphatic heterocycles. The van der Waals surface area contributed by atoms with Gasteiger partial charge in [0.15, 0.2) is 5.76 Å². The maximum atomic E-state index is 13.8. The molecule has 1 fully saturated rings. The zero-order valence-electron chi connectivity index (χ0n) is 21.4. The number of rotatable bonds is 6. The minimum absolute atomic E-state index is 0.00317. The Balaban J connectivity index is 1.21. The molecule has 1 saturated heterocycles. The van der Waals surface area contributed by atoms with Gasteiger partial charge < -0.3 is 9.32 Å². The van der Waals surface area contributed by atoms with E-state index in [2.05, 4.69) is 86.5 Å². The first-order valence-electron chi connectivity index (χ1n) is 13.1. The van der Waals surface area contributed by atoms with Gasteiger partial charge in [-0.1, -0.05) is 101 Å². The van der Waals surface area contributed by atoms with E-state index in [4.69, 9.17) is 4.42 Å². The molecule has 0 bridgehead atoms. The van der Waals surface area contributed by atoms with Gasteiger partial charge in [0, 0.05) is 41.8 Å². The molecule has 6 rings (SSSR count). The Bertz CT molecular complexity index is 1520. The summed E-state index contributed by atoms with van der Waals surface area (Å²) in [5, 5.41) is 0. The lowest BCUT2D eigenvalue weighted by atomic mass is 9.96. The van der Waals surface area contributed by atoms with E-state index < -0.39 is 0 Å². The zero-order chi connectivity index (χ0) is 26.6. The molecule has 6 heteroatoms. The van der Waals surface area contributed by atoms with Gasteiger partial charge in [0.1, 0.15) is 0 Å². The number of amides is 1. The molecule has 5 nitrogen and oxygen atoms in total. The number of oxazole rings is 1. The van der Waals surface area contributed by atoms with E-state index in [1.807, 2.05) is 53.4 Å². The van der Waals surface area contributed by atoms with Crippen molar-refractivity contribution in [3.8, 4) is 22.8 Å². The van der Waals surface area contributed by atoms with E-state index in [0.29, 0.717) is 35.9 Å². The van der Waals surface area contributed by atoms with Gasteiger partial charge in [-0.15, -0.1) is 0 Å². The Hall–Kier alpha value is -4.00. The molecule has 0 N–H and O–H groups in total. The van der Waals surface area contributed by atoms with E-state index in [9.17, 15) is 4.79 Å². The summed E-state index contributed by atoms with van der Waals surface area (Å²) in [6.07, 6.45) is 1.71. The number of nitrogens with zero attached hydrogens (tertiary/aromatic N) is 3. The maximum absolute atomic E-state index is 13.8. The monoisotopic (exact) mass is 577 g/mol. The third-order valence-corrected chi connectivity index (χ3v) is 7.69. The number of hydrogen-bond donors (Lipinski definition) is 0. The second kappa shape index (κ2) is 11.4. The maximum Gasteiger partial charge on any atom is 0.254 e. The van der Waals surface area contributed by atoms with Gasteiger partial charge in [0.25, 0.3) is 5.91 Å². The van der Waals surface area contributed by atoms with Crippen LogP contribution in [0, 0.1) is 0 Å². The largest absolute Gasteiger partial charge is 0.436 e. The van der Waals surface area contributed by atoms with Crippen molar-refractivity contribution in [2.75, 3.05) is 26.2 Å². The molecule has 1 aliphatic rings. The Labute approximate surface area is 236 Å². The second-order valence-corrected chi connectivity index (χ2v) is 10.6. The summed E-state index contributed by atoms with van der Waals surface area (Å²) in [6.45, 7) is 2.87. The molecule has 0 atom stereocenters. The molecule has 0 radical (unpaired) electrons. The zero-order valence-corrected chi connectivity index (χ0v) is 23.0. The van der Waals surface area contributed by atoms with Crippen molar-refractivity contribution in [2.24, 2.45) is 0 Å². The molecule has 1 amide bonds. The van der Waals surface area contributed by atoms with Crippen molar-refractivity contribution in [3.05, 3.63) is 137 Å². The highest BCUT2D eigenvalue weighted by molar-refractivity contribution is 9.10. The van der Waals surface area contributed by atoms with Crippen molar-refractivity contribution in [1.82, 2.24) is 14.8 Å². The van der Waals surface area contributed by atoms with Crippen LogP contribution in [0.5, 0.6) is 0 Å². The van der Waals surface area contributed by atoms with E-state index in [1.165, 1.54) is 11.1 Å². The van der Waals surface area contributed by atoms with Crippen LogP contribution in [0.1, 0.15) is 27.5 Å². The van der Waals surface area contributed by atoms with Crippen molar-refractivity contribution in [2.45, 2.75) is 6.04 Å². The lowest BCUT2D eigenvalue weighted by Gasteiger charge is -2.40. The topological polar surface area (TPSA) is 49.6 Å². The summed E-state index contributed by atoms with van der Waals surface area (Å²) in [5.74, 6) is 1.11. The second-order valence-electron chi connectivity index (χ2n) is 9.64. The first-order chi connectivity index (χ1) is 19.2. The molecule has 5 aromatic rings.